The quantitative estimate of drug-likeness (QED) is 0.734. The molecule has 0 unspecified atom stereocenters. The minimum atomic E-state index is -3.92. The fourth-order valence-corrected chi connectivity index (χ4v) is 2.36. The van der Waals surface area contributed by atoms with E-state index in [1.165, 1.54) is 6.07 Å². The van der Waals surface area contributed by atoms with Crippen molar-refractivity contribution in [2.45, 2.75) is 11.9 Å². The van der Waals surface area contributed by atoms with Gasteiger partial charge in [-0.3, -0.25) is 4.72 Å². The smallest absolute Gasteiger partial charge is 0.279 e. The zero-order chi connectivity index (χ0) is 13.3. The predicted octanol–water partition coefficient (Wildman–Crippen LogP) is 1.36. The highest BCUT2D eigenvalue weighted by Crippen LogP contribution is 2.22. The van der Waals surface area contributed by atoms with E-state index in [0.717, 1.165) is 18.3 Å². The van der Waals surface area contributed by atoms with E-state index in [4.69, 9.17) is 5.11 Å². The van der Waals surface area contributed by atoms with E-state index in [-0.39, 0.29) is 16.5 Å². The number of hydrogen-bond donors (Lipinski definition) is 3. The summed E-state index contributed by atoms with van der Waals surface area (Å²) in [5.41, 5.74) is -0.250. The molecule has 18 heavy (non-hydrogen) atoms. The number of aromatic amines is 1. The highest BCUT2D eigenvalue weighted by atomic mass is 32.2. The van der Waals surface area contributed by atoms with E-state index in [1.54, 1.807) is 6.92 Å². The summed E-state index contributed by atoms with van der Waals surface area (Å²) in [6.07, 6.45) is 1.13. The van der Waals surface area contributed by atoms with Crippen LogP contribution >= 0.6 is 0 Å². The summed E-state index contributed by atoms with van der Waals surface area (Å²) >= 11 is 0. The van der Waals surface area contributed by atoms with Crippen molar-refractivity contribution in [2.24, 2.45) is 0 Å². The van der Waals surface area contributed by atoms with Crippen molar-refractivity contribution in [1.29, 1.82) is 0 Å². The van der Waals surface area contributed by atoms with E-state index in [0.29, 0.717) is 5.82 Å². The number of rotatable bonds is 3. The number of sulfonamides is 1. The average molecular weight is 271 g/mol. The van der Waals surface area contributed by atoms with Gasteiger partial charge in [0.1, 0.15) is 11.6 Å². The van der Waals surface area contributed by atoms with Crippen molar-refractivity contribution < 1.29 is 17.9 Å². The second-order valence-electron chi connectivity index (χ2n) is 3.60. The number of nitrogens with one attached hydrogen (secondary N) is 2. The average Bonchev–Trinajstić information content (AvgIpc) is 2.70. The number of nitrogens with zero attached hydrogens (tertiary/aromatic N) is 1. The van der Waals surface area contributed by atoms with Crippen LogP contribution in [-0.4, -0.2) is 23.5 Å². The summed E-state index contributed by atoms with van der Waals surface area (Å²) in [4.78, 5) is 6.29. The largest absolute Gasteiger partial charge is 0.508 e. The Balaban J connectivity index is 2.33. The Kier molecular flexibility index (Phi) is 2.95. The summed E-state index contributed by atoms with van der Waals surface area (Å²) in [7, 11) is -3.92. The van der Waals surface area contributed by atoms with Gasteiger partial charge >= 0.3 is 0 Å². The molecule has 0 aliphatic heterocycles. The molecule has 6 nitrogen and oxygen atoms in total. The lowest BCUT2D eigenvalue weighted by molar-refractivity contribution is 0.469. The first-order valence-corrected chi connectivity index (χ1v) is 6.40. The van der Waals surface area contributed by atoms with Crippen LogP contribution in [0.5, 0.6) is 5.75 Å². The van der Waals surface area contributed by atoms with E-state index < -0.39 is 15.8 Å². The Morgan fingerprint density at radius 1 is 1.44 bits per heavy atom. The molecule has 0 bridgehead atoms. The zero-order valence-corrected chi connectivity index (χ0v) is 10.1. The molecule has 3 N–H and O–H groups in total. The molecule has 0 amide bonds. The zero-order valence-electron chi connectivity index (χ0n) is 9.31. The van der Waals surface area contributed by atoms with Crippen molar-refractivity contribution in [2.75, 3.05) is 4.72 Å². The van der Waals surface area contributed by atoms with Crippen molar-refractivity contribution in [3.8, 4) is 5.75 Å². The molecule has 0 radical (unpaired) electrons. The Bertz CT molecular complexity index is 681. The molecule has 0 fully saturated rings. The lowest BCUT2D eigenvalue weighted by Gasteiger charge is -2.07. The van der Waals surface area contributed by atoms with Crippen molar-refractivity contribution in [3.63, 3.8) is 0 Å². The Morgan fingerprint density at radius 2 is 2.17 bits per heavy atom. The SMILES string of the molecule is Cc1ncc(S(=O)(=O)Nc2ccc(O)cc2F)[nH]1. The number of hydrogen-bond acceptors (Lipinski definition) is 4. The molecule has 0 aliphatic carbocycles. The second-order valence-corrected chi connectivity index (χ2v) is 5.25. The summed E-state index contributed by atoms with van der Waals surface area (Å²) < 4.78 is 39.1. The van der Waals surface area contributed by atoms with E-state index >= 15 is 0 Å². The highest BCUT2D eigenvalue weighted by Gasteiger charge is 2.18. The van der Waals surface area contributed by atoms with Crippen LogP contribution in [0.3, 0.4) is 0 Å². The minimum Gasteiger partial charge on any atom is -0.508 e. The van der Waals surface area contributed by atoms with Crippen LogP contribution in [0.25, 0.3) is 0 Å². The second kappa shape index (κ2) is 4.30. The number of aromatic nitrogens is 2. The van der Waals surface area contributed by atoms with Gasteiger partial charge < -0.3 is 10.1 Å². The maximum absolute atomic E-state index is 13.4. The molecule has 8 heteroatoms. The molecule has 1 aromatic heterocycles. The molecule has 96 valence electrons. The lowest BCUT2D eigenvalue weighted by Crippen LogP contribution is -2.14. The minimum absolute atomic E-state index is 0.160. The lowest BCUT2D eigenvalue weighted by atomic mass is 10.3. The molecular weight excluding hydrogens is 261 g/mol. The molecule has 0 aliphatic rings. The number of phenolic OH excluding ortho intramolecular Hbond substituents is 1. The molecule has 0 spiro atoms. The molecule has 0 saturated carbocycles. The standard InChI is InChI=1S/C10H10FN3O3S/c1-6-12-5-10(13-6)18(16,17)14-9-3-2-7(15)4-8(9)11/h2-5,14-15H,1H3,(H,12,13). The Hall–Kier alpha value is -2.09. The van der Waals surface area contributed by atoms with Crippen LogP contribution in [0.4, 0.5) is 10.1 Å². The van der Waals surface area contributed by atoms with Gasteiger partial charge in [-0.15, -0.1) is 0 Å². The third-order valence-corrected chi connectivity index (χ3v) is 3.44. The third-order valence-electron chi connectivity index (χ3n) is 2.17. The van der Waals surface area contributed by atoms with E-state index in [2.05, 4.69) is 14.7 Å². The van der Waals surface area contributed by atoms with Gasteiger partial charge in [-0.25, -0.2) is 9.37 Å². The highest BCUT2D eigenvalue weighted by molar-refractivity contribution is 7.92. The van der Waals surface area contributed by atoms with E-state index in [1.807, 2.05) is 0 Å². The fraction of sp³-hybridized carbons (Fsp3) is 0.100. The maximum atomic E-state index is 13.4. The van der Waals surface area contributed by atoms with Gasteiger partial charge in [0.2, 0.25) is 0 Å². The molecule has 1 aromatic carbocycles. The maximum Gasteiger partial charge on any atom is 0.279 e. The topological polar surface area (TPSA) is 95.1 Å². The molecule has 0 saturated heterocycles. The molecule has 2 rings (SSSR count). The fourth-order valence-electron chi connectivity index (χ4n) is 1.32. The van der Waals surface area contributed by atoms with Crippen molar-refractivity contribution in [3.05, 3.63) is 36.0 Å². The van der Waals surface area contributed by atoms with E-state index in [9.17, 15) is 12.8 Å². The number of aromatic hydroxyl groups is 1. The van der Waals surface area contributed by atoms with Gasteiger partial charge in [-0.2, -0.15) is 8.42 Å². The summed E-state index contributed by atoms with van der Waals surface area (Å²) in [5, 5.41) is 8.86. The molecule has 2 aromatic rings. The number of benzene rings is 1. The van der Waals surface area contributed by atoms with Gasteiger partial charge in [0.25, 0.3) is 10.0 Å². The first-order chi connectivity index (χ1) is 8.38. The normalized spacial score (nSPS) is 11.4. The van der Waals surface area contributed by atoms with Gasteiger partial charge in [-0.05, 0) is 19.1 Å². The van der Waals surface area contributed by atoms with Crippen LogP contribution in [0.15, 0.2) is 29.4 Å². The van der Waals surface area contributed by atoms with Crippen molar-refractivity contribution in [1.82, 2.24) is 9.97 Å². The first kappa shape index (κ1) is 12.4. The predicted molar refractivity (Wildman–Crippen MR) is 62.2 cm³/mol. The third kappa shape index (κ3) is 2.43. The Morgan fingerprint density at radius 3 is 2.72 bits per heavy atom. The summed E-state index contributed by atoms with van der Waals surface area (Å²) in [6, 6.07) is 3.13. The van der Waals surface area contributed by atoms with Crippen LogP contribution in [0, 0.1) is 12.7 Å². The van der Waals surface area contributed by atoms with Gasteiger partial charge in [0, 0.05) is 6.07 Å². The summed E-state index contributed by atoms with van der Waals surface area (Å²) in [5.74, 6) is -0.718. The molecular formula is C10H10FN3O3S. The molecule has 1 heterocycles. The molecule has 0 atom stereocenters. The summed E-state index contributed by atoms with van der Waals surface area (Å²) in [6.45, 7) is 1.60. The van der Waals surface area contributed by atoms with Crippen molar-refractivity contribution >= 4 is 15.7 Å². The number of anilines is 1. The number of aryl methyl sites for hydroxylation is 1. The van der Waals surface area contributed by atoms with Crippen LogP contribution in [0.1, 0.15) is 5.82 Å². The monoisotopic (exact) mass is 271 g/mol. The number of halogens is 1. The van der Waals surface area contributed by atoms with Gasteiger partial charge in [0.15, 0.2) is 10.8 Å². The number of H-pyrrole nitrogens is 1. The van der Waals surface area contributed by atoms with Gasteiger partial charge in [0.05, 0.1) is 11.9 Å². The number of phenols is 1. The Labute approximate surface area is 103 Å². The first-order valence-electron chi connectivity index (χ1n) is 4.91. The number of imidazole rings is 1. The van der Waals surface area contributed by atoms with Crippen LogP contribution < -0.4 is 4.72 Å². The van der Waals surface area contributed by atoms with Gasteiger partial charge in [-0.1, -0.05) is 0 Å². The van der Waals surface area contributed by atoms with Crippen LogP contribution in [-0.2, 0) is 10.0 Å². The van der Waals surface area contributed by atoms with Crippen LogP contribution in [0.2, 0.25) is 0 Å².